The number of thioether (sulfide) groups is 1. The summed E-state index contributed by atoms with van der Waals surface area (Å²) in [7, 11) is 0. The molecule has 0 bridgehead atoms. The lowest BCUT2D eigenvalue weighted by atomic mass is 10.0. The Morgan fingerprint density at radius 1 is 1.12 bits per heavy atom. The summed E-state index contributed by atoms with van der Waals surface area (Å²) < 4.78 is 0. The molecule has 0 aromatic rings. The monoisotopic (exact) mass is 392 g/mol. The van der Waals surface area contributed by atoms with Crippen molar-refractivity contribution in [3.63, 3.8) is 0 Å². The number of nitrogens with two attached hydrogens (primary N) is 1. The fourth-order valence-electron chi connectivity index (χ4n) is 1.88. The summed E-state index contributed by atoms with van der Waals surface area (Å²) in [4.78, 5) is 46.7. The molecule has 0 rings (SSSR count). The van der Waals surface area contributed by atoms with E-state index in [9.17, 15) is 24.3 Å². The van der Waals surface area contributed by atoms with E-state index >= 15 is 0 Å². The van der Waals surface area contributed by atoms with Gasteiger partial charge in [-0.3, -0.25) is 14.4 Å². The van der Waals surface area contributed by atoms with Gasteiger partial charge in [-0.1, -0.05) is 13.8 Å². The van der Waals surface area contributed by atoms with Crippen LogP contribution in [0.2, 0.25) is 0 Å². The first-order valence-electron chi connectivity index (χ1n) is 8.09. The Morgan fingerprint density at radius 3 is 2.19 bits per heavy atom. The van der Waals surface area contributed by atoms with Crippen LogP contribution in [0, 0.1) is 5.92 Å². The maximum Gasteiger partial charge on any atom is 0.326 e. The molecule has 150 valence electrons. The number of aliphatic hydroxyl groups excluding tert-OH is 1. The zero-order valence-corrected chi connectivity index (χ0v) is 16.0. The summed E-state index contributed by atoms with van der Waals surface area (Å²) >= 11 is 1.54. The Balaban J connectivity index is 4.53. The van der Waals surface area contributed by atoms with Crippen LogP contribution in [0.15, 0.2) is 0 Å². The Labute approximate surface area is 156 Å². The summed E-state index contributed by atoms with van der Waals surface area (Å²) in [5.74, 6) is -2.93. The Bertz CT molecular complexity index is 503. The Kier molecular flexibility index (Phi) is 11.6. The lowest BCUT2D eigenvalue weighted by molar-refractivity contribution is -0.143. The van der Waals surface area contributed by atoms with E-state index in [4.69, 9.17) is 10.8 Å². The molecule has 0 radical (unpaired) electrons. The standard InChI is InChI=1S/C15H28N4O6S/c1-8(2)12(15(24)25)19-14(23)10(7-20)18-11(21)6-17-13(22)9(16)4-5-26-3/h8-10,12,20H,4-7,16H2,1-3H3,(H,17,22)(H,18,21)(H,19,23)(H,24,25). The molecule has 0 fully saturated rings. The maximum atomic E-state index is 12.0. The van der Waals surface area contributed by atoms with E-state index in [-0.39, 0.29) is 5.92 Å². The molecule has 0 aromatic heterocycles. The second-order valence-electron chi connectivity index (χ2n) is 5.98. The molecule has 0 aliphatic carbocycles. The minimum Gasteiger partial charge on any atom is -0.480 e. The van der Waals surface area contributed by atoms with E-state index in [1.165, 1.54) is 0 Å². The number of rotatable bonds is 12. The quantitative estimate of drug-likeness (QED) is 0.219. The zero-order valence-electron chi connectivity index (χ0n) is 15.2. The van der Waals surface area contributed by atoms with Crippen molar-refractivity contribution in [1.29, 1.82) is 0 Å². The molecule has 0 saturated carbocycles. The van der Waals surface area contributed by atoms with Crippen LogP contribution >= 0.6 is 11.8 Å². The van der Waals surface area contributed by atoms with Gasteiger partial charge in [0.1, 0.15) is 12.1 Å². The van der Waals surface area contributed by atoms with Gasteiger partial charge in [0.05, 0.1) is 19.2 Å². The van der Waals surface area contributed by atoms with E-state index < -0.39 is 55.0 Å². The first kappa shape index (κ1) is 24.1. The van der Waals surface area contributed by atoms with Gasteiger partial charge >= 0.3 is 5.97 Å². The third-order valence-corrected chi connectivity index (χ3v) is 4.10. The summed E-state index contributed by atoms with van der Waals surface area (Å²) in [6.45, 7) is 2.09. The van der Waals surface area contributed by atoms with Crippen LogP contribution in [-0.2, 0) is 19.2 Å². The molecular formula is C15H28N4O6S. The smallest absolute Gasteiger partial charge is 0.326 e. The molecule has 0 heterocycles. The highest BCUT2D eigenvalue weighted by atomic mass is 32.2. The van der Waals surface area contributed by atoms with Crippen LogP contribution in [0.1, 0.15) is 20.3 Å². The predicted octanol–water partition coefficient (Wildman–Crippen LogP) is -2.11. The number of hydrogen-bond donors (Lipinski definition) is 6. The van der Waals surface area contributed by atoms with Gasteiger partial charge in [0.25, 0.3) is 0 Å². The average molecular weight is 392 g/mol. The van der Waals surface area contributed by atoms with Crippen molar-refractivity contribution < 1.29 is 29.4 Å². The largest absolute Gasteiger partial charge is 0.480 e. The number of amides is 3. The first-order chi connectivity index (χ1) is 12.1. The van der Waals surface area contributed by atoms with Crippen molar-refractivity contribution in [2.24, 2.45) is 11.7 Å². The zero-order chi connectivity index (χ0) is 20.3. The topological polar surface area (TPSA) is 171 Å². The van der Waals surface area contributed by atoms with Gasteiger partial charge in [0.15, 0.2) is 0 Å². The number of carboxylic acids is 1. The Hall–Kier alpha value is -1.85. The van der Waals surface area contributed by atoms with Crippen LogP contribution in [-0.4, -0.2) is 77.2 Å². The van der Waals surface area contributed by atoms with E-state index in [1.807, 2.05) is 6.26 Å². The van der Waals surface area contributed by atoms with Crippen LogP contribution in [0.25, 0.3) is 0 Å². The molecule has 3 unspecified atom stereocenters. The predicted molar refractivity (Wildman–Crippen MR) is 97.4 cm³/mol. The molecule has 7 N–H and O–H groups in total. The molecule has 0 saturated heterocycles. The van der Waals surface area contributed by atoms with Crippen molar-refractivity contribution in [3.05, 3.63) is 0 Å². The van der Waals surface area contributed by atoms with Crippen molar-refractivity contribution in [1.82, 2.24) is 16.0 Å². The summed E-state index contributed by atoms with van der Waals surface area (Å²) in [6.07, 6.45) is 2.34. The van der Waals surface area contributed by atoms with E-state index in [0.717, 1.165) is 0 Å². The van der Waals surface area contributed by atoms with Crippen molar-refractivity contribution >= 4 is 35.5 Å². The minimum absolute atomic E-state index is 0.381. The van der Waals surface area contributed by atoms with E-state index in [1.54, 1.807) is 25.6 Å². The molecule has 3 amide bonds. The van der Waals surface area contributed by atoms with Gasteiger partial charge in [-0.15, -0.1) is 0 Å². The lowest BCUT2D eigenvalue weighted by Crippen LogP contribution is -2.56. The van der Waals surface area contributed by atoms with E-state index in [2.05, 4.69) is 16.0 Å². The minimum atomic E-state index is -1.33. The number of aliphatic hydroxyl groups is 1. The second kappa shape index (κ2) is 12.5. The molecule has 0 aliphatic heterocycles. The molecule has 0 aliphatic rings. The number of carboxylic acid groups (broad SMARTS) is 1. The fraction of sp³-hybridized carbons (Fsp3) is 0.733. The van der Waals surface area contributed by atoms with Crippen molar-refractivity contribution in [2.45, 2.75) is 38.4 Å². The number of nitrogens with one attached hydrogen (secondary N) is 3. The number of carbonyl (C=O) groups is 4. The van der Waals surface area contributed by atoms with Crippen LogP contribution < -0.4 is 21.7 Å². The SMILES string of the molecule is CSCCC(N)C(=O)NCC(=O)NC(CO)C(=O)NC(C(=O)O)C(C)C. The molecular weight excluding hydrogens is 364 g/mol. The molecule has 10 nitrogen and oxygen atoms in total. The van der Waals surface area contributed by atoms with Gasteiger partial charge in [0, 0.05) is 0 Å². The van der Waals surface area contributed by atoms with Crippen LogP contribution in [0.4, 0.5) is 0 Å². The summed E-state index contributed by atoms with van der Waals surface area (Å²) in [6, 6.07) is -3.22. The molecule has 11 heteroatoms. The van der Waals surface area contributed by atoms with Gasteiger partial charge < -0.3 is 31.9 Å². The Morgan fingerprint density at radius 2 is 1.73 bits per heavy atom. The fourth-order valence-corrected chi connectivity index (χ4v) is 2.37. The van der Waals surface area contributed by atoms with Crippen molar-refractivity contribution in [3.8, 4) is 0 Å². The van der Waals surface area contributed by atoms with Crippen LogP contribution in [0.5, 0.6) is 0 Å². The average Bonchev–Trinajstić information content (AvgIpc) is 2.58. The molecule has 26 heavy (non-hydrogen) atoms. The highest BCUT2D eigenvalue weighted by molar-refractivity contribution is 7.98. The number of carbonyl (C=O) groups excluding carboxylic acids is 3. The second-order valence-corrected chi connectivity index (χ2v) is 6.96. The van der Waals surface area contributed by atoms with Gasteiger partial charge in [-0.25, -0.2) is 4.79 Å². The van der Waals surface area contributed by atoms with Crippen LogP contribution in [0.3, 0.4) is 0 Å². The summed E-state index contributed by atoms with van der Waals surface area (Å²) in [5.41, 5.74) is 5.66. The lowest BCUT2D eigenvalue weighted by Gasteiger charge is -2.22. The normalized spacial score (nSPS) is 14.2. The highest BCUT2D eigenvalue weighted by Crippen LogP contribution is 2.02. The highest BCUT2D eigenvalue weighted by Gasteiger charge is 2.28. The maximum absolute atomic E-state index is 12.0. The van der Waals surface area contributed by atoms with Gasteiger partial charge in [-0.05, 0) is 24.3 Å². The molecule has 3 atom stereocenters. The number of hydrogen-bond acceptors (Lipinski definition) is 7. The summed E-state index contributed by atoms with van der Waals surface area (Å²) in [5, 5.41) is 25.2. The molecule has 0 spiro atoms. The third kappa shape index (κ3) is 9.02. The third-order valence-electron chi connectivity index (χ3n) is 3.46. The number of aliphatic carboxylic acids is 1. The first-order valence-corrected chi connectivity index (χ1v) is 9.49. The van der Waals surface area contributed by atoms with E-state index in [0.29, 0.717) is 12.2 Å². The molecule has 0 aromatic carbocycles. The van der Waals surface area contributed by atoms with Gasteiger partial charge in [0.2, 0.25) is 17.7 Å². The van der Waals surface area contributed by atoms with Crippen molar-refractivity contribution in [2.75, 3.05) is 25.2 Å². The van der Waals surface area contributed by atoms with Gasteiger partial charge in [-0.2, -0.15) is 11.8 Å².